The summed E-state index contributed by atoms with van der Waals surface area (Å²) in [5.74, 6) is 0.869. The zero-order valence-electron chi connectivity index (χ0n) is 12.8. The number of nitrogens with one attached hydrogen (secondary N) is 1. The third kappa shape index (κ3) is 5.09. The lowest BCUT2D eigenvalue weighted by molar-refractivity contribution is 0.272. The minimum absolute atomic E-state index is 0.261. The first-order chi connectivity index (χ1) is 10.1. The molecule has 4 nitrogen and oxygen atoms in total. The van der Waals surface area contributed by atoms with Crippen molar-refractivity contribution in [3.8, 4) is 0 Å². The van der Waals surface area contributed by atoms with Gasteiger partial charge in [0, 0.05) is 13.1 Å². The van der Waals surface area contributed by atoms with Crippen molar-refractivity contribution in [1.29, 1.82) is 0 Å². The molecule has 0 aromatic heterocycles. The lowest BCUT2D eigenvalue weighted by Gasteiger charge is -2.31. The molecule has 1 aromatic rings. The molecule has 1 aliphatic heterocycles. The molecule has 0 bridgehead atoms. The van der Waals surface area contributed by atoms with Crippen molar-refractivity contribution in [1.82, 2.24) is 9.62 Å². The van der Waals surface area contributed by atoms with Crippen LogP contribution in [0.1, 0.15) is 24.8 Å². The van der Waals surface area contributed by atoms with E-state index in [2.05, 4.69) is 29.6 Å². The quantitative estimate of drug-likeness (QED) is 0.782. The Hall–Kier alpha value is -0.910. The second-order valence-corrected chi connectivity index (χ2v) is 7.89. The first-order valence-corrected chi connectivity index (χ1v) is 9.39. The molecular formula is C16H26N2O2S. The van der Waals surface area contributed by atoms with E-state index in [-0.39, 0.29) is 5.75 Å². The molecule has 0 spiro atoms. The van der Waals surface area contributed by atoms with Crippen LogP contribution in [0, 0.1) is 5.92 Å². The third-order valence-electron chi connectivity index (χ3n) is 4.16. The van der Waals surface area contributed by atoms with Gasteiger partial charge in [-0.15, -0.1) is 0 Å². The molecule has 1 aromatic carbocycles. The van der Waals surface area contributed by atoms with Gasteiger partial charge in [0.2, 0.25) is 10.0 Å². The van der Waals surface area contributed by atoms with E-state index in [1.807, 2.05) is 13.1 Å². The fourth-order valence-electron chi connectivity index (χ4n) is 2.90. The van der Waals surface area contributed by atoms with Crippen molar-refractivity contribution < 1.29 is 8.42 Å². The zero-order chi connectivity index (χ0) is 15.1. The third-order valence-corrected chi connectivity index (χ3v) is 6.12. The number of benzene rings is 1. The molecule has 1 N–H and O–H groups in total. The van der Waals surface area contributed by atoms with E-state index in [4.69, 9.17) is 0 Å². The Balaban J connectivity index is 1.80. The normalized spacial score (nSPS) is 18.0. The van der Waals surface area contributed by atoms with E-state index in [0.717, 1.165) is 25.8 Å². The summed E-state index contributed by atoms with van der Waals surface area (Å²) in [5, 5.41) is 2.99. The molecule has 0 aliphatic carbocycles. The minimum Gasteiger partial charge on any atom is -0.320 e. The van der Waals surface area contributed by atoms with Crippen molar-refractivity contribution in [2.75, 3.05) is 32.4 Å². The summed E-state index contributed by atoms with van der Waals surface area (Å²) >= 11 is 0. The highest BCUT2D eigenvalue weighted by molar-refractivity contribution is 7.89. The van der Waals surface area contributed by atoms with Crippen LogP contribution in [0.2, 0.25) is 0 Å². The fourth-order valence-corrected chi connectivity index (χ4v) is 4.43. The molecule has 1 aliphatic rings. The first-order valence-electron chi connectivity index (χ1n) is 7.78. The molecule has 21 heavy (non-hydrogen) atoms. The molecule has 0 atom stereocenters. The maximum absolute atomic E-state index is 12.2. The van der Waals surface area contributed by atoms with Crippen LogP contribution in [0.5, 0.6) is 0 Å². The lowest BCUT2D eigenvalue weighted by atomic mass is 9.91. The minimum atomic E-state index is -3.06. The molecular weight excluding hydrogens is 284 g/mol. The van der Waals surface area contributed by atoms with Crippen LogP contribution in [-0.4, -0.2) is 45.2 Å². The number of piperidine rings is 1. The molecule has 0 radical (unpaired) electrons. The Morgan fingerprint density at radius 3 is 2.48 bits per heavy atom. The van der Waals surface area contributed by atoms with E-state index < -0.39 is 10.0 Å². The summed E-state index contributed by atoms with van der Waals surface area (Å²) in [6.07, 6.45) is 3.69. The molecule has 5 heteroatoms. The number of sulfonamides is 1. The number of hydrogen-bond donors (Lipinski definition) is 1. The second-order valence-electron chi connectivity index (χ2n) is 5.81. The van der Waals surface area contributed by atoms with Crippen molar-refractivity contribution in [3.05, 3.63) is 35.9 Å². The molecule has 0 amide bonds. The maximum atomic E-state index is 12.2. The summed E-state index contributed by atoms with van der Waals surface area (Å²) in [6, 6.07) is 10.5. The van der Waals surface area contributed by atoms with Gasteiger partial charge in [0.1, 0.15) is 0 Å². The number of hydrogen-bond acceptors (Lipinski definition) is 3. The van der Waals surface area contributed by atoms with Gasteiger partial charge in [0.05, 0.1) is 5.75 Å². The van der Waals surface area contributed by atoms with Crippen LogP contribution in [-0.2, 0) is 16.4 Å². The van der Waals surface area contributed by atoms with Gasteiger partial charge in [0.15, 0.2) is 0 Å². The molecule has 2 rings (SSSR count). The first kappa shape index (κ1) is 16.5. The predicted octanol–water partition coefficient (Wildman–Crippen LogP) is 1.88. The van der Waals surface area contributed by atoms with Crippen LogP contribution in [0.25, 0.3) is 0 Å². The second kappa shape index (κ2) is 7.92. The Kier molecular flexibility index (Phi) is 6.21. The number of nitrogens with zero attached hydrogens (tertiary/aromatic N) is 1. The van der Waals surface area contributed by atoms with Crippen LogP contribution < -0.4 is 5.32 Å². The van der Waals surface area contributed by atoms with Gasteiger partial charge in [0.25, 0.3) is 0 Å². The van der Waals surface area contributed by atoms with Gasteiger partial charge >= 0.3 is 0 Å². The topological polar surface area (TPSA) is 49.4 Å². The van der Waals surface area contributed by atoms with E-state index in [9.17, 15) is 8.42 Å². The average molecular weight is 310 g/mol. The molecule has 0 unspecified atom stereocenters. The highest BCUT2D eigenvalue weighted by Gasteiger charge is 2.27. The SMILES string of the molecule is CNCCCS(=O)(=O)N1CCC(Cc2ccccc2)CC1. The Labute approximate surface area is 128 Å². The van der Waals surface area contributed by atoms with Gasteiger partial charge in [-0.1, -0.05) is 30.3 Å². The Bertz CT molecular complexity index is 508. The van der Waals surface area contributed by atoms with E-state index in [0.29, 0.717) is 25.4 Å². The van der Waals surface area contributed by atoms with E-state index in [1.165, 1.54) is 5.56 Å². The summed E-state index contributed by atoms with van der Waals surface area (Å²) in [6.45, 7) is 2.11. The molecule has 1 heterocycles. The Morgan fingerprint density at radius 2 is 1.86 bits per heavy atom. The average Bonchev–Trinajstić information content (AvgIpc) is 2.49. The molecule has 0 saturated carbocycles. The molecule has 1 saturated heterocycles. The van der Waals surface area contributed by atoms with E-state index in [1.54, 1.807) is 4.31 Å². The highest BCUT2D eigenvalue weighted by Crippen LogP contribution is 2.23. The summed E-state index contributed by atoms with van der Waals surface area (Å²) in [7, 11) is -1.21. The van der Waals surface area contributed by atoms with Gasteiger partial charge in [-0.2, -0.15) is 0 Å². The predicted molar refractivity (Wildman–Crippen MR) is 86.8 cm³/mol. The van der Waals surface area contributed by atoms with E-state index >= 15 is 0 Å². The zero-order valence-corrected chi connectivity index (χ0v) is 13.6. The highest BCUT2D eigenvalue weighted by atomic mass is 32.2. The molecule has 118 valence electrons. The van der Waals surface area contributed by atoms with Crippen LogP contribution in [0.3, 0.4) is 0 Å². The van der Waals surface area contributed by atoms with Gasteiger partial charge in [-0.25, -0.2) is 12.7 Å². The summed E-state index contributed by atoms with van der Waals surface area (Å²) < 4.78 is 26.1. The fraction of sp³-hybridized carbons (Fsp3) is 0.625. The lowest BCUT2D eigenvalue weighted by Crippen LogP contribution is -2.40. The van der Waals surface area contributed by atoms with Crippen LogP contribution in [0.15, 0.2) is 30.3 Å². The van der Waals surface area contributed by atoms with Gasteiger partial charge in [-0.05, 0) is 50.8 Å². The van der Waals surface area contributed by atoms with Gasteiger partial charge < -0.3 is 5.32 Å². The smallest absolute Gasteiger partial charge is 0.214 e. The van der Waals surface area contributed by atoms with Crippen molar-refractivity contribution in [3.63, 3.8) is 0 Å². The monoisotopic (exact) mass is 310 g/mol. The summed E-state index contributed by atoms with van der Waals surface area (Å²) in [5.41, 5.74) is 1.35. The molecule has 1 fully saturated rings. The van der Waals surface area contributed by atoms with Crippen molar-refractivity contribution >= 4 is 10.0 Å². The van der Waals surface area contributed by atoms with Crippen LogP contribution in [0.4, 0.5) is 0 Å². The Morgan fingerprint density at radius 1 is 1.19 bits per heavy atom. The number of rotatable bonds is 7. The van der Waals surface area contributed by atoms with Crippen molar-refractivity contribution in [2.24, 2.45) is 5.92 Å². The van der Waals surface area contributed by atoms with Crippen molar-refractivity contribution in [2.45, 2.75) is 25.7 Å². The largest absolute Gasteiger partial charge is 0.320 e. The van der Waals surface area contributed by atoms with Gasteiger partial charge in [-0.3, -0.25) is 0 Å². The van der Waals surface area contributed by atoms with Crippen LogP contribution >= 0.6 is 0 Å². The maximum Gasteiger partial charge on any atom is 0.214 e. The summed E-state index contributed by atoms with van der Waals surface area (Å²) in [4.78, 5) is 0. The standard InChI is InChI=1S/C16H26N2O2S/c1-17-10-5-13-21(19,20)18-11-8-16(9-12-18)14-15-6-3-2-4-7-15/h2-4,6-7,16-17H,5,8-14H2,1H3.